The second kappa shape index (κ2) is 7.50. The highest BCUT2D eigenvalue weighted by Gasteiger charge is 2.36. The first kappa shape index (κ1) is 20.5. The van der Waals surface area contributed by atoms with Crippen LogP contribution in [0.15, 0.2) is 12.1 Å². The fraction of sp³-hybridized carbons (Fsp3) is 0.500. The van der Waals surface area contributed by atoms with Crippen molar-refractivity contribution in [1.82, 2.24) is 9.78 Å². The molecule has 30 heavy (non-hydrogen) atoms. The molecule has 2 aromatic rings. The van der Waals surface area contributed by atoms with E-state index < -0.39 is 11.7 Å². The summed E-state index contributed by atoms with van der Waals surface area (Å²) < 4.78 is 22.0. The van der Waals surface area contributed by atoms with Crippen LogP contribution in [-0.2, 0) is 17.6 Å². The molecule has 1 aromatic carbocycles. The molecule has 1 atom stereocenters. The number of rotatable bonds is 5. The number of amides is 1. The Morgan fingerprint density at radius 2 is 2.17 bits per heavy atom. The number of benzene rings is 1. The second-order valence-corrected chi connectivity index (χ2v) is 8.89. The number of nitrogens with one attached hydrogen (secondary N) is 1. The smallest absolute Gasteiger partial charge is 0.253 e. The maximum Gasteiger partial charge on any atom is 0.253 e. The number of aryl methyl sites for hydroxylation is 1. The number of hydrogen-bond acceptors (Lipinski definition) is 5. The van der Waals surface area contributed by atoms with Crippen LogP contribution in [0.1, 0.15) is 65.7 Å². The minimum Gasteiger partial charge on any atom is -0.379 e. The number of nitrogens with zero attached hydrogens (tertiary/aromatic N) is 2. The predicted octanol–water partition coefficient (Wildman–Crippen LogP) is 3.03. The van der Waals surface area contributed by atoms with Gasteiger partial charge >= 0.3 is 0 Å². The Morgan fingerprint density at radius 1 is 1.40 bits per heavy atom. The monoisotopic (exact) mass is 414 g/mol. The summed E-state index contributed by atoms with van der Waals surface area (Å²) in [6.45, 7) is 7.12. The lowest BCUT2D eigenvalue weighted by Crippen LogP contribution is -2.28. The number of halogens is 1. The Balaban J connectivity index is 1.86. The van der Waals surface area contributed by atoms with Gasteiger partial charge in [0.05, 0.1) is 46.5 Å². The molecule has 1 aliphatic carbocycles. The summed E-state index contributed by atoms with van der Waals surface area (Å²) in [5.74, 6) is -1.49. The largest absolute Gasteiger partial charge is 0.379 e. The number of primary amides is 1. The molecule has 0 bridgehead atoms. The normalized spacial score (nSPS) is 20.3. The summed E-state index contributed by atoms with van der Waals surface area (Å²) in [4.78, 5) is 24.7. The predicted molar refractivity (Wildman–Crippen MR) is 111 cm³/mol. The SMILES string of the molecule is CCc1nn(-c2cc(F)c(C(N)=O)c(N[C@H]3CCOC3)c2)c2c1C(=O)CC(C)(C)C2. The molecule has 160 valence electrons. The molecule has 1 aromatic heterocycles. The van der Waals surface area contributed by atoms with Gasteiger partial charge in [0.1, 0.15) is 5.82 Å². The molecule has 0 spiro atoms. The average molecular weight is 414 g/mol. The number of hydrogen-bond donors (Lipinski definition) is 2. The van der Waals surface area contributed by atoms with Gasteiger partial charge in [-0.1, -0.05) is 20.8 Å². The molecule has 7 nitrogen and oxygen atoms in total. The first-order valence-corrected chi connectivity index (χ1v) is 10.3. The number of anilines is 1. The Labute approximate surface area is 174 Å². The number of ether oxygens (including phenoxy) is 1. The van der Waals surface area contributed by atoms with E-state index >= 15 is 0 Å². The van der Waals surface area contributed by atoms with Crippen LogP contribution < -0.4 is 11.1 Å². The van der Waals surface area contributed by atoms with Gasteiger partial charge in [0.25, 0.3) is 5.91 Å². The van der Waals surface area contributed by atoms with Crippen molar-refractivity contribution in [2.75, 3.05) is 18.5 Å². The van der Waals surface area contributed by atoms with E-state index in [9.17, 15) is 14.0 Å². The highest BCUT2D eigenvalue weighted by molar-refractivity contribution is 6.00. The lowest BCUT2D eigenvalue weighted by molar-refractivity contribution is 0.0909. The summed E-state index contributed by atoms with van der Waals surface area (Å²) in [5.41, 5.74) is 7.98. The van der Waals surface area contributed by atoms with Gasteiger partial charge in [0.15, 0.2) is 5.78 Å². The van der Waals surface area contributed by atoms with Crippen molar-refractivity contribution >= 4 is 17.4 Å². The molecule has 1 fully saturated rings. The quantitative estimate of drug-likeness (QED) is 0.784. The number of carbonyl (C=O) groups is 2. The van der Waals surface area contributed by atoms with Crippen LogP contribution in [0.4, 0.5) is 10.1 Å². The van der Waals surface area contributed by atoms with Crippen molar-refractivity contribution in [3.63, 3.8) is 0 Å². The van der Waals surface area contributed by atoms with Crippen molar-refractivity contribution in [3.05, 3.63) is 40.5 Å². The van der Waals surface area contributed by atoms with Crippen molar-refractivity contribution in [1.29, 1.82) is 0 Å². The third-order valence-corrected chi connectivity index (χ3v) is 5.81. The van der Waals surface area contributed by atoms with Crippen LogP contribution in [-0.4, -0.2) is 40.7 Å². The Morgan fingerprint density at radius 3 is 2.80 bits per heavy atom. The van der Waals surface area contributed by atoms with Gasteiger partial charge in [0, 0.05) is 19.1 Å². The molecule has 8 heteroatoms. The number of fused-ring (bicyclic) bond motifs is 1. The summed E-state index contributed by atoms with van der Waals surface area (Å²) in [5, 5.41) is 7.84. The van der Waals surface area contributed by atoms with E-state index in [1.54, 1.807) is 10.7 Å². The number of carbonyl (C=O) groups excluding carboxylic acids is 2. The van der Waals surface area contributed by atoms with Gasteiger partial charge < -0.3 is 15.8 Å². The molecule has 1 amide bonds. The minimum absolute atomic E-state index is 0.0315. The van der Waals surface area contributed by atoms with E-state index in [0.717, 1.165) is 12.1 Å². The third-order valence-electron chi connectivity index (χ3n) is 5.81. The first-order chi connectivity index (χ1) is 14.2. The Kier molecular flexibility index (Phi) is 5.13. The van der Waals surface area contributed by atoms with E-state index in [1.807, 2.05) is 20.8 Å². The topological polar surface area (TPSA) is 99.2 Å². The van der Waals surface area contributed by atoms with E-state index in [0.29, 0.717) is 55.1 Å². The highest BCUT2D eigenvalue weighted by Crippen LogP contribution is 2.38. The van der Waals surface area contributed by atoms with Crippen molar-refractivity contribution in [3.8, 4) is 5.69 Å². The first-order valence-electron chi connectivity index (χ1n) is 10.3. The molecule has 1 aliphatic heterocycles. The van der Waals surface area contributed by atoms with E-state index in [1.165, 1.54) is 6.07 Å². The van der Waals surface area contributed by atoms with E-state index in [-0.39, 0.29) is 22.8 Å². The molecule has 0 radical (unpaired) electrons. The third kappa shape index (κ3) is 3.60. The second-order valence-electron chi connectivity index (χ2n) is 8.89. The lowest BCUT2D eigenvalue weighted by atomic mass is 9.75. The van der Waals surface area contributed by atoms with Crippen molar-refractivity contribution in [2.24, 2.45) is 11.1 Å². The average Bonchev–Trinajstić information content (AvgIpc) is 3.27. The van der Waals surface area contributed by atoms with Crippen LogP contribution >= 0.6 is 0 Å². The maximum atomic E-state index is 15.0. The zero-order valence-corrected chi connectivity index (χ0v) is 17.5. The summed E-state index contributed by atoms with van der Waals surface area (Å²) in [6.07, 6.45) is 2.47. The van der Waals surface area contributed by atoms with Crippen LogP contribution in [0.3, 0.4) is 0 Å². The molecular formula is C22H27FN4O3. The van der Waals surface area contributed by atoms with Crippen molar-refractivity contribution < 1.29 is 18.7 Å². The molecule has 3 N–H and O–H groups in total. The molecule has 2 heterocycles. The number of ketones is 1. The molecule has 0 saturated carbocycles. The van der Waals surface area contributed by atoms with Gasteiger partial charge in [-0.15, -0.1) is 0 Å². The van der Waals surface area contributed by atoms with Crippen LogP contribution in [0.2, 0.25) is 0 Å². The molecule has 0 unspecified atom stereocenters. The highest BCUT2D eigenvalue weighted by atomic mass is 19.1. The summed E-state index contributed by atoms with van der Waals surface area (Å²) in [6, 6.07) is 2.91. The zero-order chi connectivity index (χ0) is 21.6. The molecule has 4 rings (SSSR count). The number of aromatic nitrogens is 2. The lowest BCUT2D eigenvalue weighted by Gasteiger charge is -2.29. The van der Waals surface area contributed by atoms with Gasteiger partial charge in [-0.2, -0.15) is 5.10 Å². The fourth-order valence-electron chi connectivity index (χ4n) is 4.44. The summed E-state index contributed by atoms with van der Waals surface area (Å²) in [7, 11) is 0. The van der Waals surface area contributed by atoms with E-state index in [2.05, 4.69) is 10.4 Å². The summed E-state index contributed by atoms with van der Waals surface area (Å²) >= 11 is 0. The standard InChI is InChI=1S/C22H27FN4O3/c1-4-15-20-17(9-22(2,3)10-18(20)28)27(26-15)13-7-14(23)19(21(24)29)16(8-13)25-12-5-6-30-11-12/h7-8,12,25H,4-6,9-11H2,1-3H3,(H2,24,29)/t12-/m0/s1. The zero-order valence-electron chi connectivity index (χ0n) is 17.5. The van der Waals surface area contributed by atoms with Crippen LogP contribution in [0, 0.1) is 11.2 Å². The van der Waals surface area contributed by atoms with E-state index in [4.69, 9.17) is 10.5 Å². The Bertz CT molecular complexity index is 1020. The van der Waals surface area contributed by atoms with Crippen LogP contribution in [0.5, 0.6) is 0 Å². The molecular weight excluding hydrogens is 387 g/mol. The van der Waals surface area contributed by atoms with Gasteiger partial charge in [-0.05, 0) is 30.7 Å². The van der Waals surface area contributed by atoms with Gasteiger partial charge in [-0.25, -0.2) is 9.07 Å². The number of Topliss-reactive ketones (excluding diaryl/α,β-unsaturated/α-hetero) is 1. The molecule has 2 aliphatic rings. The minimum atomic E-state index is -0.839. The Hall–Kier alpha value is -2.74. The number of nitrogens with two attached hydrogens (primary N) is 1. The molecule has 1 saturated heterocycles. The van der Waals surface area contributed by atoms with Crippen LogP contribution in [0.25, 0.3) is 5.69 Å². The van der Waals surface area contributed by atoms with Gasteiger partial charge in [0.2, 0.25) is 0 Å². The maximum absolute atomic E-state index is 15.0. The fourth-order valence-corrected chi connectivity index (χ4v) is 4.44. The van der Waals surface area contributed by atoms with Crippen molar-refractivity contribution in [2.45, 2.75) is 52.5 Å². The van der Waals surface area contributed by atoms with Gasteiger partial charge in [-0.3, -0.25) is 9.59 Å².